The number of carbonyl (C=O) groups is 1. The van der Waals surface area contributed by atoms with E-state index in [9.17, 15) is 4.79 Å². The lowest BCUT2D eigenvalue weighted by molar-refractivity contribution is 0.241. The number of imidazole rings is 1. The number of H-pyrrole nitrogens is 1. The highest BCUT2D eigenvalue weighted by Gasteiger charge is 2.00. The Morgan fingerprint density at radius 1 is 1.33 bits per heavy atom. The predicted octanol–water partition coefficient (Wildman–Crippen LogP) is 1.81. The predicted molar refractivity (Wildman–Crippen MR) is 71.5 cm³/mol. The van der Waals surface area contributed by atoms with Crippen LogP contribution in [-0.2, 0) is 6.42 Å². The Morgan fingerprint density at radius 2 is 2.17 bits per heavy atom. The maximum absolute atomic E-state index is 11.3. The highest BCUT2D eigenvalue weighted by Crippen LogP contribution is 2.11. The molecule has 1 aromatic heterocycles. The van der Waals surface area contributed by atoms with Crippen molar-refractivity contribution >= 4 is 17.1 Å². The van der Waals surface area contributed by atoms with E-state index in [1.165, 1.54) is 5.56 Å². The summed E-state index contributed by atoms with van der Waals surface area (Å²) in [6.07, 6.45) is 3.45. The average molecular weight is 246 g/mol. The van der Waals surface area contributed by atoms with Gasteiger partial charge in [0.2, 0.25) is 0 Å². The molecule has 0 fully saturated rings. The first-order valence-electron chi connectivity index (χ1n) is 6.23. The molecule has 0 bridgehead atoms. The number of rotatable bonds is 5. The Kier molecular flexibility index (Phi) is 4.17. The quantitative estimate of drug-likeness (QED) is 0.753. The Hall–Kier alpha value is -2.04. The summed E-state index contributed by atoms with van der Waals surface area (Å²) in [7, 11) is 0. The molecule has 1 heterocycles. The number of aromatic nitrogens is 2. The zero-order valence-electron chi connectivity index (χ0n) is 10.5. The molecular weight excluding hydrogens is 228 g/mol. The van der Waals surface area contributed by atoms with Gasteiger partial charge < -0.3 is 15.6 Å². The standard InChI is InChI=1S/C13H18N4O/c1-2-6-14-13(18)15-7-5-10-3-4-11-12(8-10)17-9-16-11/h3-4,8-9H,2,5-7H2,1H3,(H,16,17)(H2,14,15,18). The largest absolute Gasteiger partial charge is 0.345 e. The highest BCUT2D eigenvalue weighted by atomic mass is 16.2. The number of nitrogens with zero attached hydrogens (tertiary/aromatic N) is 1. The summed E-state index contributed by atoms with van der Waals surface area (Å²) < 4.78 is 0. The first-order valence-corrected chi connectivity index (χ1v) is 6.23. The number of carbonyl (C=O) groups excluding carboxylic acids is 1. The molecule has 2 amide bonds. The average Bonchev–Trinajstić information content (AvgIpc) is 2.83. The molecule has 18 heavy (non-hydrogen) atoms. The minimum atomic E-state index is -0.0977. The van der Waals surface area contributed by atoms with Crippen molar-refractivity contribution in [2.75, 3.05) is 13.1 Å². The van der Waals surface area contributed by atoms with Crippen LogP contribution in [0.1, 0.15) is 18.9 Å². The topological polar surface area (TPSA) is 69.8 Å². The van der Waals surface area contributed by atoms with Gasteiger partial charge in [-0.25, -0.2) is 9.78 Å². The Bertz CT molecular complexity index is 520. The summed E-state index contributed by atoms with van der Waals surface area (Å²) in [5, 5.41) is 5.61. The summed E-state index contributed by atoms with van der Waals surface area (Å²) >= 11 is 0. The van der Waals surface area contributed by atoms with Crippen molar-refractivity contribution in [2.24, 2.45) is 0 Å². The van der Waals surface area contributed by atoms with Gasteiger partial charge in [-0.05, 0) is 30.5 Å². The van der Waals surface area contributed by atoms with Crippen LogP contribution in [0.15, 0.2) is 24.5 Å². The van der Waals surface area contributed by atoms with Gasteiger partial charge in [0.1, 0.15) is 0 Å². The van der Waals surface area contributed by atoms with Gasteiger partial charge in [-0.1, -0.05) is 13.0 Å². The molecule has 5 heteroatoms. The maximum atomic E-state index is 11.3. The van der Waals surface area contributed by atoms with Gasteiger partial charge in [0, 0.05) is 13.1 Å². The second-order valence-electron chi connectivity index (χ2n) is 4.19. The number of hydrogen-bond acceptors (Lipinski definition) is 2. The van der Waals surface area contributed by atoms with Crippen molar-refractivity contribution in [1.29, 1.82) is 0 Å². The lowest BCUT2D eigenvalue weighted by Gasteiger charge is -2.06. The fourth-order valence-electron chi connectivity index (χ4n) is 1.76. The van der Waals surface area contributed by atoms with E-state index < -0.39 is 0 Å². The van der Waals surface area contributed by atoms with Crippen LogP contribution in [0.2, 0.25) is 0 Å². The van der Waals surface area contributed by atoms with E-state index in [4.69, 9.17) is 0 Å². The zero-order chi connectivity index (χ0) is 12.8. The van der Waals surface area contributed by atoms with Crippen molar-refractivity contribution in [3.8, 4) is 0 Å². The van der Waals surface area contributed by atoms with Crippen LogP contribution >= 0.6 is 0 Å². The molecule has 0 aliphatic heterocycles. The summed E-state index contributed by atoms with van der Waals surface area (Å²) in [5.74, 6) is 0. The summed E-state index contributed by atoms with van der Waals surface area (Å²) in [5.41, 5.74) is 3.18. The highest BCUT2D eigenvalue weighted by molar-refractivity contribution is 5.75. The lowest BCUT2D eigenvalue weighted by Crippen LogP contribution is -2.36. The first kappa shape index (κ1) is 12.4. The smallest absolute Gasteiger partial charge is 0.314 e. The van der Waals surface area contributed by atoms with E-state index in [1.807, 2.05) is 19.1 Å². The van der Waals surface area contributed by atoms with Gasteiger partial charge >= 0.3 is 6.03 Å². The Labute approximate surface area is 106 Å². The molecule has 0 radical (unpaired) electrons. The van der Waals surface area contributed by atoms with E-state index in [1.54, 1.807) is 6.33 Å². The molecule has 96 valence electrons. The number of amides is 2. The number of fused-ring (bicyclic) bond motifs is 1. The monoisotopic (exact) mass is 246 g/mol. The van der Waals surface area contributed by atoms with Crippen LogP contribution in [0.5, 0.6) is 0 Å². The lowest BCUT2D eigenvalue weighted by atomic mass is 10.1. The third-order valence-electron chi connectivity index (χ3n) is 2.72. The van der Waals surface area contributed by atoms with Gasteiger partial charge in [0.05, 0.1) is 17.4 Å². The normalized spacial score (nSPS) is 10.5. The number of benzene rings is 1. The molecule has 0 aliphatic rings. The second-order valence-corrected chi connectivity index (χ2v) is 4.19. The summed E-state index contributed by atoms with van der Waals surface area (Å²) in [6, 6.07) is 5.99. The van der Waals surface area contributed by atoms with Gasteiger partial charge in [-0.15, -0.1) is 0 Å². The van der Waals surface area contributed by atoms with Crippen LogP contribution in [-0.4, -0.2) is 29.1 Å². The van der Waals surface area contributed by atoms with Crippen molar-refractivity contribution in [3.05, 3.63) is 30.1 Å². The van der Waals surface area contributed by atoms with Gasteiger partial charge in [-0.3, -0.25) is 0 Å². The van der Waals surface area contributed by atoms with E-state index in [2.05, 4.69) is 26.7 Å². The van der Waals surface area contributed by atoms with Crippen LogP contribution in [0.4, 0.5) is 4.79 Å². The third kappa shape index (κ3) is 3.23. The fourth-order valence-corrected chi connectivity index (χ4v) is 1.76. The fraction of sp³-hybridized carbons (Fsp3) is 0.385. The van der Waals surface area contributed by atoms with E-state index >= 15 is 0 Å². The van der Waals surface area contributed by atoms with Crippen molar-refractivity contribution < 1.29 is 4.79 Å². The molecule has 1 aromatic carbocycles. The van der Waals surface area contributed by atoms with E-state index in [0.29, 0.717) is 13.1 Å². The van der Waals surface area contributed by atoms with E-state index in [-0.39, 0.29) is 6.03 Å². The molecule has 2 aromatic rings. The van der Waals surface area contributed by atoms with Gasteiger partial charge in [-0.2, -0.15) is 0 Å². The molecule has 0 atom stereocenters. The summed E-state index contributed by atoms with van der Waals surface area (Å²) in [4.78, 5) is 18.6. The van der Waals surface area contributed by atoms with Gasteiger partial charge in [0.25, 0.3) is 0 Å². The molecule has 2 rings (SSSR count). The van der Waals surface area contributed by atoms with Crippen LogP contribution in [0.3, 0.4) is 0 Å². The molecular formula is C13H18N4O. The van der Waals surface area contributed by atoms with Crippen molar-refractivity contribution in [3.63, 3.8) is 0 Å². The van der Waals surface area contributed by atoms with Crippen molar-refractivity contribution in [2.45, 2.75) is 19.8 Å². The molecule has 0 unspecified atom stereocenters. The molecule has 0 aliphatic carbocycles. The van der Waals surface area contributed by atoms with Crippen molar-refractivity contribution in [1.82, 2.24) is 20.6 Å². The van der Waals surface area contributed by atoms with Crippen LogP contribution in [0.25, 0.3) is 11.0 Å². The van der Waals surface area contributed by atoms with Crippen LogP contribution in [0, 0.1) is 0 Å². The van der Waals surface area contributed by atoms with Crippen LogP contribution < -0.4 is 10.6 Å². The number of urea groups is 1. The number of nitrogens with one attached hydrogen (secondary N) is 3. The second kappa shape index (κ2) is 6.05. The number of aromatic amines is 1. The zero-order valence-corrected chi connectivity index (χ0v) is 10.5. The SMILES string of the molecule is CCCNC(=O)NCCc1ccc2nc[nH]c2c1. The molecule has 0 saturated carbocycles. The Morgan fingerprint density at radius 3 is 3.00 bits per heavy atom. The first-order chi connectivity index (χ1) is 8.79. The molecule has 0 saturated heterocycles. The Balaban J connectivity index is 1.81. The maximum Gasteiger partial charge on any atom is 0.314 e. The third-order valence-corrected chi connectivity index (χ3v) is 2.72. The minimum absolute atomic E-state index is 0.0977. The van der Waals surface area contributed by atoms with E-state index in [0.717, 1.165) is 23.9 Å². The molecule has 3 N–H and O–H groups in total. The molecule has 0 spiro atoms. The van der Waals surface area contributed by atoms with Gasteiger partial charge in [0.15, 0.2) is 0 Å². The minimum Gasteiger partial charge on any atom is -0.345 e. The summed E-state index contributed by atoms with van der Waals surface area (Å²) in [6.45, 7) is 3.38. The number of hydrogen-bond donors (Lipinski definition) is 3. The molecule has 5 nitrogen and oxygen atoms in total.